The highest BCUT2D eigenvalue weighted by molar-refractivity contribution is 5.87. The Hall–Kier alpha value is -0.490. The maximum Gasteiger partial charge on any atom is 0.146 e. The fraction of sp³-hybridized carbons (Fsp3) is 0.958. The average molecular weight is 411 g/mol. The molecular formula is C24H42O5. The Labute approximate surface area is 176 Å². The van der Waals surface area contributed by atoms with Crippen LogP contribution < -0.4 is 0 Å². The molecule has 8 atom stereocenters. The van der Waals surface area contributed by atoms with Crippen LogP contribution in [0.4, 0.5) is 0 Å². The number of hydrogen-bond acceptors (Lipinski definition) is 5. The molecule has 0 aromatic rings. The van der Waals surface area contributed by atoms with Gasteiger partial charge in [-0.2, -0.15) is 0 Å². The van der Waals surface area contributed by atoms with Crippen LogP contribution in [0.2, 0.25) is 0 Å². The van der Waals surface area contributed by atoms with Gasteiger partial charge in [0.25, 0.3) is 0 Å². The first-order valence-corrected chi connectivity index (χ1v) is 11.5. The van der Waals surface area contributed by atoms with E-state index in [0.29, 0.717) is 36.9 Å². The van der Waals surface area contributed by atoms with Crippen molar-refractivity contribution in [2.75, 3.05) is 27.6 Å². The first-order chi connectivity index (χ1) is 13.7. The monoisotopic (exact) mass is 410 g/mol. The summed E-state index contributed by atoms with van der Waals surface area (Å²) >= 11 is 0. The second-order valence-corrected chi connectivity index (χ2v) is 10.6. The fourth-order valence-corrected chi connectivity index (χ4v) is 7.58. The summed E-state index contributed by atoms with van der Waals surface area (Å²) in [6.45, 7) is 9.39. The Morgan fingerprint density at radius 3 is 2.45 bits per heavy atom. The third-order valence-electron chi connectivity index (χ3n) is 9.42. The predicted octanol–water partition coefficient (Wildman–Crippen LogP) is 4.21. The first kappa shape index (κ1) is 23.2. The van der Waals surface area contributed by atoms with Crippen molar-refractivity contribution in [2.45, 2.75) is 84.8 Å². The lowest BCUT2D eigenvalue weighted by Crippen LogP contribution is -2.63. The van der Waals surface area contributed by atoms with E-state index in [-0.39, 0.29) is 42.4 Å². The number of aliphatic hydroxyl groups is 1. The molecule has 3 fully saturated rings. The molecule has 3 unspecified atom stereocenters. The van der Waals surface area contributed by atoms with Gasteiger partial charge in [0, 0.05) is 37.6 Å². The molecule has 3 aliphatic carbocycles. The highest BCUT2D eigenvalue weighted by atomic mass is 16.7. The summed E-state index contributed by atoms with van der Waals surface area (Å²) in [5.74, 6) is 1.16. The van der Waals surface area contributed by atoms with E-state index in [4.69, 9.17) is 14.2 Å². The molecule has 0 saturated heterocycles. The van der Waals surface area contributed by atoms with Crippen molar-refractivity contribution in [3.05, 3.63) is 0 Å². The lowest BCUT2D eigenvalue weighted by atomic mass is 9.43. The molecule has 5 nitrogen and oxygen atoms in total. The van der Waals surface area contributed by atoms with Gasteiger partial charge >= 0.3 is 0 Å². The summed E-state index contributed by atoms with van der Waals surface area (Å²) in [7, 11) is 3.49. The number of carbonyl (C=O) groups excluding carboxylic acids is 1. The second kappa shape index (κ2) is 8.57. The van der Waals surface area contributed by atoms with E-state index >= 15 is 0 Å². The number of ether oxygens (including phenoxy) is 3. The quantitative estimate of drug-likeness (QED) is 0.637. The van der Waals surface area contributed by atoms with Crippen LogP contribution in [0.5, 0.6) is 0 Å². The number of methoxy groups -OCH3 is 2. The topological polar surface area (TPSA) is 65.0 Å². The Morgan fingerprint density at radius 1 is 1.14 bits per heavy atom. The van der Waals surface area contributed by atoms with Crippen molar-refractivity contribution in [2.24, 2.45) is 34.0 Å². The zero-order chi connectivity index (χ0) is 21.4. The van der Waals surface area contributed by atoms with Crippen molar-refractivity contribution in [3.63, 3.8) is 0 Å². The molecule has 0 radical (unpaired) electrons. The molecule has 0 aromatic heterocycles. The van der Waals surface area contributed by atoms with E-state index in [1.54, 1.807) is 7.11 Å². The van der Waals surface area contributed by atoms with E-state index in [9.17, 15) is 9.90 Å². The molecule has 3 aliphatic rings. The molecule has 168 valence electrons. The summed E-state index contributed by atoms with van der Waals surface area (Å²) in [5.41, 5.74) is -0.583. The predicted molar refractivity (Wildman–Crippen MR) is 112 cm³/mol. The van der Waals surface area contributed by atoms with Crippen LogP contribution >= 0.6 is 0 Å². The van der Waals surface area contributed by atoms with E-state index in [2.05, 4.69) is 27.7 Å². The first-order valence-electron chi connectivity index (χ1n) is 11.5. The SMILES string of the molecule is COCOC1C[C@@](C)(CCCO)C(=O)[C@H](C)C23CC[C@@H](C)[C@]1(C)C2[C@H](OC)CC3. The number of Topliss-reactive ketones (excluding diaryl/α,β-unsaturated/α-hetero) is 1. The van der Waals surface area contributed by atoms with Gasteiger partial charge in [-0.15, -0.1) is 0 Å². The van der Waals surface area contributed by atoms with Gasteiger partial charge in [-0.3, -0.25) is 4.79 Å². The maximum absolute atomic E-state index is 14.0. The van der Waals surface area contributed by atoms with Gasteiger partial charge in [0.05, 0.1) is 12.2 Å². The van der Waals surface area contributed by atoms with Gasteiger partial charge < -0.3 is 19.3 Å². The Morgan fingerprint density at radius 2 is 1.83 bits per heavy atom. The summed E-state index contributed by atoms with van der Waals surface area (Å²) in [6.07, 6.45) is 6.43. The minimum atomic E-state index is -0.484. The molecule has 2 bridgehead atoms. The Kier molecular flexibility index (Phi) is 6.85. The number of carbonyl (C=O) groups is 1. The molecule has 0 amide bonds. The normalized spacial score (nSPS) is 47.6. The number of rotatable bonds is 7. The summed E-state index contributed by atoms with van der Waals surface area (Å²) in [5, 5.41) is 9.49. The van der Waals surface area contributed by atoms with Crippen LogP contribution in [0.1, 0.15) is 72.6 Å². The van der Waals surface area contributed by atoms with E-state index in [1.807, 2.05) is 7.11 Å². The van der Waals surface area contributed by atoms with Crippen LogP contribution in [0, 0.1) is 34.0 Å². The highest BCUT2D eigenvalue weighted by Crippen LogP contribution is 2.68. The van der Waals surface area contributed by atoms with E-state index < -0.39 is 5.41 Å². The molecule has 3 rings (SSSR count). The highest BCUT2D eigenvalue weighted by Gasteiger charge is 2.68. The van der Waals surface area contributed by atoms with Crippen molar-refractivity contribution < 1.29 is 24.1 Å². The number of hydrogen-bond donors (Lipinski definition) is 1. The molecule has 0 spiro atoms. The zero-order valence-electron chi connectivity index (χ0n) is 19.3. The maximum atomic E-state index is 14.0. The van der Waals surface area contributed by atoms with Crippen molar-refractivity contribution in [1.29, 1.82) is 0 Å². The minimum absolute atomic E-state index is 0.00606. The standard InChI is InChI=1S/C24H42O5/c1-16-8-11-24-12-9-18(28-6)20(24)23(16,4)19(29-15-27-5)14-22(3,10-7-13-25)21(26)17(24)2/h16-20,25H,7-15H2,1-6H3/t16-,17+,18-,19?,20?,22-,23+,24?/m1/s1. The molecule has 0 heterocycles. The Balaban J connectivity index is 2.14. The molecular weight excluding hydrogens is 368 g/mol. The van der Waals surface area contributed by atoms with Crippen LogP contribution in [0.3, 0.4) is 0 Å². The smallest absolute Gasteiger partial charge is 0.146 e. The molecule has 0 aromatic carbocycles. The summed E-state index contributed by atoms with van der Waals surface area (Å²) in [4.78, 5) is 14.0. The largest absolute Gasteiger partial charge is 0.396 e. The van der Waals surface area contributed by atoms with E-state index in [1.165, 1.54) is 0 Å². The molecule has 5 heteroatoms. The van der Waals surface area contributed by atoms with Crippen LogP contribution in [-0.4, -0.2) is 50.7 Å². The van der Waals surface area contributed by atoms with Gasteiger partial charge in [-0.1, -0.05) is 27.7 Å². The van der Waals surface area contributed by atoms with Crippen LogP contribution in [-0.2, 0) is 19.0 Å². The van der Waals surface area contributed by atoms with Gasteiger partial charge in [-0.25, -0.2) is 0 Å². The van der Waals surface area contributed by atoms with Gasteiger partial charge in [0.1, 0.15) is 12.6 Å². The van der Waals surface area contributed by atoms with Crippen LogP contribution in [0.15, 0.2) is 0 Å². The lowest BCUT2D eigenvalue weighted by molar-refractivity contribution is -0.220. The summed E-state index contributed by atoms with van der Waals surface area (Å²) < 4.78 is 17.8. The van der Waals surface area contributed by atoms with Gasteiger partial charge in [0.15, 0.2) is 0 Å². The third kappa shape index (κ3) is 3.50. The molecule has 3 saturated carbocycles. The minimum Gasteiger partial charge on any atom is -0.396 e. The van der Waals surface area contributed by atoms with Crippen LogP contribution in [0.25, 0.3) is 0 Å². The fourth-order valence-electron chi connectivity index (χ4n) is 7.58. The molecule has 0 aliphatic heterocycles. The third-order valence-corrected chi connectivity index (χ3v) is 9.42. The summed E-state index contributed by atoms with van der Waals surface area (Å²) in [6, 6.07) is 0. The van der Waals surface area contributed by atoms with Crippen molar-refractivity contribution in [1.82, 2.24) is 0 Å². The number of ketones is 1. The number of aliphatic hydroxyl groups excluding tert-OH is 1. The zero-order valence-corrected chi connectivity index (χ0v) is 19.3. The average Bonchev–Trinajstić information content (AvgIpc) is 3.11. The van der Waals surface area contributed by atoms with Crippen molar-refractivity contribution in [3.8, 4) is 0 Å². The lowest BCUT2D eigenvalue weighted by Gasteiger charge is -2.62. The van der Waals surface area contributed by atoms with Gasteiger partial charge in [0.2, 0.25) is 0 Å². The Bertz CT molecular complexity index is 594. The molecule has 29 heavy (non-hydrogen) atoms. The van der Waals surface area contributed by atoms with Crippen molar-refractivity contribution >= 4 is 5.78 Å². The van der Waals surface area contributed by atoms with Gasteiger partial charge in [-0.05, 0) is 62.2 Å². The second-order valence-electron chi connectivity index (χ2n) is 10.6. The van der Waals surface area contributed by atoms with E-state index in [0.717, 1.165) is 25.7 Å². The molecule has 1 N–H and O–H groups in total.